The van der Waals surface area contributed by atoms with Gasteiger partial charge < -0.3 is 45.1 Å². The fourth-order valence-corrected chi connectivity index (χ4v) is 9.39. The average Bonchev–Trinajstić information content (AvgIpc) is 3.97. The van der Waals surface area contributed by atoms with Gasteiger partial charge in [-0.1, -0.05) is 85.2 Å². The second-order valence-corrected chi connectivity index (χ2v) is 18.3. The fourth-order valence-electron chi connectivity index (χ4n) is 8.70. The zero-order chi connectivity index (χ0) is 46.8. The summed E-state index contributed by atoms with van der Waals surface area (Å²) in [5.74, 6) is -1.86. The largest absolute Gasteiger partial charge is 0.447 e. The molecule has 1 saturated heterocycles. The summed E-state index contributed by atoms with van der Waals surface area (Å²) < 4.78 is 22.4. The van der Waals surface area contributed by atoms with E-state index in [4.69, 9.17) is 24.7 Å². The minimum atomic E-state index is -0.869. The van der Waals surface area contributed by atoms with Crippen LogP contribution in [0.5, 0.6) is 0 Å². The molecule has 1 aliphatic rings. The molecule has 8 unspecified atom stereocenters. The van der Waals surface area contributed by atoms with Crippen LogP contribution in [0.4, 0.5) is 4.79 Å². The number of primary amides is 1. The van der Waals surface area contributed by atoms with E-state index in [0.29, 0.717) is 39.0 Å². The van der Waals surface area contributed by atoms with E-state index in [1.54, 1.807) is 32.4 Å². The number of likely N-dealkylation sites (N-methyl/N-ethyl adjacent to an activating group) is 2. The predicted molar refractivity (Wildman–Crippen MR) is 244 cm³/mol. The van der Waals surface area contributed by atoms with Gasteiger partial charge >= 0.3 is 6.09 Å². The number of thiazole rings is 1. The Labute approximate surface area is 379 Å². The van der Waals surface area contributed by atoms with Gasteiger partial charge in [-0.25, -0.2) is 9.78 Å². The van der Waals surface area contributed by atoms with Crippen LogP contribution in [-0.2, 0) is 44.5 Å². The third kappa shape index (κ3) is 15.5. The van der Waals surface area contributed by atoms with E-state index in [-0.39, 0.29) is 73.1 Å². The molecular weight excluding hydrogens is 827 g/mol. The van der Waals surface area contributed by atoms with E-state index >= 15 is 0 Å². The van der Waals surface area contributed by atoms with Crippen LogP contribution in [0.3, 0.4) is 0 Å². The molecule has 63 heavy (non-hydrogen) atoms. The maximum Gasteiger partial charge on any atom is 0.404 e. The van der Waals surface area contributed by atoms with Crippen LogP contribution < -0.4 is 16.4 Å². The Hall–Kier alpha value is -4.16. The summed E-state index contributed by atoms with van der Waals surface area (Å²) in [6.07, 6.45) is 2.37. The molecule has 1 aliphatic heterocycles. The molecule has 2 heterocycles. The van der Waals surface area contributed by atoms with Crippen molar-refractivity contribution in [1.82, 2.24) is 30.3 Å². The first kappa shape index (κ1) is 53.2. The summed E-state index contributed by atoms with van der Waals surface area (Å²) in [7, 11) is 6.69. The number of rotatable bonds is 27. The summed E-state index contributed by atoms with van der Waals surface area (Å²) in [4.78, 5) is 77.5. The van der Waals surface area contributed by atoms with Gasteiger partial charge in [-0.3, -0.25) is 24.1 Å². The first-order chi connectivity index (χ1) is 30.0. The van der Waals surface area contributed by atoms with Crippen LogP contribution in [0.1, 0.15) is 90.8 Å². The molecule has 1 aromatic carbocycles. The minimum Gasteiger partial charge on any atom is -0.447 e. The average molecular weight is 902 g/mol. The van der Waals surface area contributed by atoms with Gasteiger partial charge in [0.05, 0.1) is 61.9 Å². The van der Waals surface area contributed by atoms with Gasteiger partial charge in [0.15, 0.2) is 0 Å². The molecule has 2 aromatic rings. The topological polar surface area (TPSA) is 195 Å². The lowest BCUT2D eigenvalue weighted by molar-refractivity contribution is -0.148. The highest BCUT2D eigenvalue weighted by Crippen LogP contribution is 2.30. The standard InChI is InChI=1S/C46H75N7O9S/c1-12-31(6)40(52(9)45(57)38(29(2)3)50-43(56)39(30(4)5)51(8)22-23-61-24-25-62-46(47)58)36(59-10)28-37(54)53-21-16-19-35(53)41(60-11)32(7)42(55)49-34(44-48-20-26-63-44)27-33-17-14-13-15-18-33/h13-15,17-18,20,26,29-32,34-36,38-41H,12,16,19,21-25,27-28H2,1-11H3,(H2,47,58)(H,49,55)(H,50,56)/t31?,32?,34?,35-,36?,38?,39?,40?,41?/m0/s1. The molecule has 17 heteroatoms. The van der Waals surface area contributed by atoms with Gasteiger partial charge in [-0.2, -0.15) is 0 Å². The van der Waals surface area contributed by atoms with Crippen molar-refractivity contribution >= 4 is 41.1 Å². The van der Waals surface area contributed by atoms with Gasteiger partial charge in [-0.15, -0.1) is 11.3 Å². The quantitative estimate of drug-likeness (QED) is 0.106. The molecule has 354 valence electrons. The van der Waals surface area contributed by atoms with Gasteiger partial charge in [-0.05, 0) is 49.6 Å². The van der Waals surface area contributed by atoms with E-state index in [0.717, 1.165) is 17.0 Å². The van der Waals surface area contributed by atoms with Gasteiger partial charge in [0, 0.05) is 45.9 Å². The SMILES string of the molecule is CCC(C)C(C(CC(=O)N1CCC[C@H]1C(OC)C(C)C(=O)NC(Cc1ccccc1)c1nccs1)OC)N(C)C(=O)C(NC(=O)C(C(C)C)N(C)CCOCCOC(N)=O)C(C)C. The lowest BCUT2D eigenvalue weighted by Crippen LogP contribution is -2.60. The van der Waals surface area contributed by atoms with Crippen LogP contribution >= 0.6 is 11.3 Å². The summed E-state index contributed by atoms with van der Waals surface area (Å²) >= 11 is 1.49. The number of nitrogens with one attached hydrogen (secondary N) is 2. The van der Waals surface area contributed by atoms with Crippen molar-refractivity contribution < 1.29 is 42.9 Å². The van der Waals surface area contributed by atoms with E-state index in [2.05, 4.69) is 15.6 Å². The number of hydrogen-bond acceptors (Lipinski definition) is 12. The number of methoxy groups -OCH3 is 2. The number of hydrogen-bond donors (Lipinski definition) is 3. The second-order valence-electron chi connectivity index (χ2n) is 17.4. The highest BCUT2D eigenvalue weighted by Gasteiger charge is 2.43. The summed E-state index contributed by atoms with van der Waals surface area (Å²) in [5, 5.41) is 9.01. The number of amides is 5. The van der Waals surface area contributed by atoms with E-state index in [1.807, 2.05) is 101 Å². The zero-order valence-corrected chi connectivity index (χ0v) is 40.2. The lowest BCUT2D eigenvalue weighted by atomic mass is 9.89. The molecule has 5 amide bonds. The summed E-state index contributed by atoms with van der Waals surface area (Å²) in [5.41, 5.74) is 6.08. The van der Waals surface area contributed by atoms with Gasteiger partial charge in [0.1, 0.15) is 17.7 Å². The van der Waals surface area contributed by atoms with Crippen molar-refractivity contribution in [3.8, 4) is 0 Å². The van der Waals surface area contributed by atoms with E-state index in [1.165, 1.54) is 11.3 Å². The third-order valence-electron chi connectivity index (χ3n) is 12.3. The normalized spacial score (nSPS) is 18.0. The monoisotopic (exact) mass is 902 g/mol. The molecule has 4 N–H and O–H groups in total. The summed E-state index contributed by atoms with van der Waals surface area (Å²) in [6.45, 7) is 15.0. The molecule has 0 aliphatic carbocycles. The first-order valence-electron chi connectivity index (χ1n) is 22.3. The van der Waals surface area contributed by atoms with Crippen molar-refractivity contribution in [2.45, 2.75) is 123 Å². The molecule has 16 nitrogen and oxygen atoms in total. The molecule has 0 bridgehead atoms. The third-order valence-corrected chi connectivity index (χ3v) is 13.2. The van der Waals surface area contributed by atoms with Gasteiger partial charge in [0.25, 0.3) is 0 Å². The maximum absolute atomic E-state index is 14.5. The smallest absolute Gasteiger partial charge is 0.404 e. The molecule has 0 saturated carbocycles. The Kier molecular flexibility index (Phi) is 22.4. The molecule has 9 atom stereocenters. The molecular formula is C46H75N7O9S. The number of likely N-dealkylation sites (tertiary alicyclic amines) is 1. The maximum atomic E-state index is 14.5. The number of benzene rings is 1. The zero-order valence-electron chi connectivity index (χ0n) is 39.4. The number of nitrogens with two attached hydrogens (primary N) is 1. The highest BCUT2D eigenvalue weighted by atomic mass is 32.1. The van der Waals surface area contributed by atoms with Crippen molar-refractivity contribution in [3.05, 3.63) is 52.5 Å². The number of aromatic nitrogens is 1. The first-order valence-corrected chi connectivity index (χ1v) is 23.2. The fraction of sp³-hybridized carbons (Fsp3) is 0.696. The molecule has 0 spiro atoms. The van der Waals surface area contributed by atoms with Crippen LogP contribution in [0.2, 0.25) is 0 Å². The van der Waals surface area contributed by atoms with Crippen LogP contribution in [0.15, 0.2) is 41.9 Å². The number of carbonyl (C=O) groups is 5. The molecule has 3 rings (SSSR count). The molecule has 1 aromatic heterocycles. The van der Waals surface area contributed by atoms with Crippen molar-refractivity contribution in [3.63, 3.8) is 0 Å². The number of ether oxygens (including phenoxy) is 4. The highest BCUT2D eigenvalue weighted by molar-refractivity contribution is 7.09. The Morgan fingerprint density at radius 1 is 0.937 bits per heavy atom. The van der Waals surface area contributed by atoms with Crippen LogP contribution in [-0.4, -0.2) is 147 Å². The number of carbonyl (C=O) groups excluding carboxylic acids is 5. The van der Waals surface area contributed by atoms with Crippen molar-refractivity contribution in [2.75, 3.05) is 61.2 Å². The lowest BCUT2D eigenvalue weighted by Gasteiger charge is -2.41. The summed E-state index contributed by atoms with van der Waals surface area (Å²) in [6, 6.07) is 7.41. The Morgan fingerprint density at radius 2 is 1.63 bits per heavy atom. The Balaban J connectivity index is 1.74. The number of nitrogens with zero attached hydrogens (tertiary/aromatic N) is 4. The van der Waals surface area contributed by atoms with Crippen LogP contribution in [0, 0.1) is 23.7 Å². The second kappa shape index (κ2) is 26.6. The van der Waals surface area contributed by atoms with E-state index in [9.17, 15) is 24.0 Å². The Morgan fingerprint density at radius 3 is 2.21 bits per heavy atom. The molecule has 1 fully saturated rings. The Bertz CT molecular complexity index is 1700. The van der Waals surface area contributed by atoms with Crippen molar-refractivity contribution in [1.29, 1.82) is 0 Å². The predicted octanol–water partition coefficient (Wildman–Crippen LogP) is 4.67. The minimum absolute atomic E-state index is 0.00941. The van der Waals surface area contributed by atoms with Gasteiger partial charge in [0.2, 0.25) is 23.6 Å². The van der Waals surface area contributed by atoms with E-state index < -0.39 is 42.3 Å². The van der Waals surface area contributed by atoms with Crippen molar-refractivity contribution in [2.24, 2.45) is 29.4 Å². The van der Waals surface area contributed by atoms with Crippen LogP contribution in [0.25, 0.3) is 0 Å². The molecule has 0 radical (unpaired) electrons.